The number of nitrogen functional groups attached to an aromatic ring is 1. The lowest BCUT2D eigenvalue weighted by Gasteiger charge is -2.10. The first kappa shape index (κ1) is 11.5. The molecule has 3 nitrogen and oxygen atoms in total. The highest BCUT2D eigenvalue weighted by molar-refractivity contribution is 5.84. The second kappa shape index (κ2) is 4.61. The first-order valence-corrected chi connectivity index (χ1v) is 6.12. The summed E-state index contributed by atoms with van der Waals surface area (Å²) in [5, 5.41) is 1.06. The minimum atomic E-state index is 0.737. The van der Waals surface area contributed by atoms with Crippen molar-refractivity contribution in [3.05, 3.63) is 60.3 Å². The Hall–Kier alpha value is -2.55. The Kier molecular flexibility index (Phi) is 2.80. The first-order valence-electron chi connectivity index (χ1n) is 6.12. The van der Waals surface area contributed by atoms with Crippen LogP contribution in [0.25, 0.3) is 10.9 Å². The Morgan fingerprint density at radius 2 is 1.84 bits per heavy atom. The van der Waals surface area contributed by atoms with Gasteiger partial charge in [0.25, 0.3) is 0 Å². The second-order valence-corrected chi connectivity index (χ2v) is 4.46. The number of hydrogen-bond donors (Lipinski definition) is 1. The fraction of sp³-hybridized carbons (Fsp3) is 0.0625. The van der Waals surface area contributed by atoms with Crippen molar-refractivity contribution in [2.24, 2.45) is 0 Å². The summed E-state index contributed by atoms with van der Waals surface area (Å²) in [5.41, 5.74) is 8.35. The number of ether oxygens (including phenoxy) is 1. The fourth-order valence-corrected chi connectivity index (χ4v) is 2.06. The van der Waals surface area contributed by atoms with E-state index in [9.17, 15) is 0 Å². The molecule has 2 aromatic carbocycles. The van der Waals surface area contributed by atoms with Crippen LogP contribution in [0, 0.1) is 6.92 Å². The maximum Gasteiger partial charge on any atom is 0.153 e. The number of para-hydroxylation sites is 1. The average molecular weight is 250 g/mol. The summed E-state index contributed by atoms with van der Waals surface area (Å²) < 4.78 is 5.96. The molecule has 0 aliphatic carbocycles. The highest BCUT2D eigenvalue weighted by Crippen LogP contribution is 2.30. The fourth-order valence-electron chi connectivity index (χ4n) is 2.06. The standard InChI is InChI=1S/C16H14N2O/c1-11-10-13(17)7-8-14(11)19-15-6-2-4-12-5-3-9-18-16(12)15/h2-10H,17H2,1H3. The number of pyridine rings is 1. The van der Waals surface area contributed by atoms with Crippen molar-refractivity contribution in [1.29, 1.82) is 0 Å². The molecular formula is C16H14N2O. The normalized spacial score (nSPS) is 10.6. The molecule has 0 bridgehead atoms. The largest absolute Gasteiger partial charge is 0.455 e. The van der Waals surface area contributed by atoms with Gasteiger partial charge in [0.05, 0.1) is 0 Å². The van der Waals surface area contributed by atoms with Crippen molar-refractivity contribution >= 4 is 16.6 Å². The number of rotatable bonds is 2. The van der Waals surface area contributed by atoms with Crippen molar-refractivity contribution in [2.45, 2.75) is 6.92 Å². The van der Waals surface area contributed by atoms with Gasteiger partial charge < -0.3 is 10.5 Å². The zero-order valence-electron chi connectivity index (χ0n) is 10.6. The molecule has 0 aliphatic heterocycles. The van der Waals surface area contributed by atoms with Gasteiger partial charge >= 0.3 is 0 Å². The van der Waals surface area contributed by atoms with Gasteiger partial charge in [0.1, 0.15) is 11.3 Å². The van der Waals surface area contributed by atoms with Crippen molar-refractivity contribution in [2.75, 3.05) is 5.73 Å². The first-order chi connectivity index (χ1) is 9.24. The summed E-state index contributed by atoms with van der Waals surface area (Å²) in [6.45, 7) is 1.98. The number of fused-ring (bicyclic) bond motifs is 1. The van der Waals surface area contributed by atoms with Crippen molar-refractivity contribution in [1.82, 2.24) is 4.98 Å². The van der Waals surface area contributed by atoms with E-state index in [2.05, 4.69) is 4.98 Å². The molecule has 2 N–H and O–H groups in total. The molecule has 0 atom stereocenters. The third-order valence-corrected chi connectivity index (χ3v) is 3.01. The van der Waals surface area contributed by atoms with Gasteiger partial charge in [-0.1, -0.05) is 18.2 Å². The van der Waals surface area contributed by atoms with Gasteiger partial charge in [-0.2, -0.15) is 0 Å². The third-order valence-electron chi connectivity index (χ3n) is 3.01. The molecule has 0 aliphatic rings. The van der Waals surface area contributed by atoms with Gasteiger partial charge in [-0.15, -0.1) is 0 Å². The summed E-state index contributed by atoms with van der Waals surface area (Å²) >= 11 is 0. The van der Waals surface area contributed by atoms with E-state index >= 15 is 0 Å². The minimum Gasteiger partial charge on any atom is -0.455 e. The minimum absolute atomic E-state index is 0.737. The Bertz CT molecular complexity index is 732. The van der Waals surface area contributed by atoms with E-state index in [-0.39, 0.29) is 0 Å². The molecule has 0 saturated carbocycles. The Morgan fingerprint density at radius 3 is 2.68 bits per heavy atom. The zero-order valence-corrected chi connectivity index (χ0v) is 10.6. The Morgan fingerprint density at radius 1 is 1.00 bits per heavy atom. The number of aromatic nitrogens is 1. The maximum absolute atomic E-state index is 5.96. The number of benzene rings is 2. The molecule has 1 heterocycles. The Balaban J connectivity index is 2.06. The lowest BCUT2D eigenvalue weighted by Crippen LogP contribution is -1.92. The topological polar surface area (TPSA) is 48.1 Å². The van der Waals surface area contributed by atoms with Crippen molar-refractivity contribution in [3.8, 4) is 11.5 Å². The van der Waals surface area contributed by atoms with Crippen LogP contribution < -0.4 is 10.5 Å². The lowest BCUT2D eigenvalue weighted by molar-refractivity contribution is 0.483. The quantitative estimate of drug-likeness (QED) is 0.701. The number of nitrogens with zero attached hydrogens (tertiary/aromatic N) is 1. The van der Waals surface area contributed by atoms with Crippen LogP contribution in [-0.2, 0) is 0 Å². The summed E-state index contributed by atoms with van der Waals surface area (Å²) in [4.78, 5) is 4.37. The predicted octanol–water partition coefficient (Wildman–Crippen LogP) is 3.92. The number of hydrogen-bond acceptors (Lipinski definition) is 3. The van der Waals surface area contributed by atoms with Crippen LogP contribution in [-0.4, -0.2) is 4.98 Å². The lowest BCUT2D eigenvalue weighted by atomic mass is 10.2. The van der Waals surface area contributed by atoms with Crippen LogP contribution in [0.3, 0.4) is 0 Å². The molecule has 19 heavy (non-hydrogen) atoms. The monoisotopic (exact) mass is 250 g/mol. The SMILES string of the molecule is Cc1cc(N)ccc1Oc1cccc2cccnc12. The van der Waals surface area contributed by atoms with Crippen LogP contribution in [0.1, 0.15) is 5.56 Å². The molecule has 1 aromatic heterocycles. The molecule has 94 valence electrons. The molecule has 3 heteroatoms. The smallest absolute Gasteiger partial charge is 0.153 e. The van der Waals surface area contributed by atoms with E-state index in [1.807, 2.05) is 55.5 Å². The summed E-state index contributed by atoms with van der Waals surface area (Å²) in [6.07, 6.45) is 1.77. The van der Waals surface area contributed by atoms with E-state index < -0.39 is 0 Å². The van der Waals surface area contributed by atoms with Gasteiger partial charge in [0, 0.05) is 17.3 Å². The van der Waals surface area contributed by atoms with Crippen LogP contribution in [0.15, 0.2) is 54.7 Å². The van der Waals surface area contributed by atoms with E-state index in [1.54, 1.807) is 6.20 Å². The Labute approximate surface area is 111 Å². The summed E-state index contributed by atoms with van der Waals surface area (Å²) in [5.74, 6) is 1.55. The number of anilines is 1. The highest BCUT2D eigenvalue weighted by Gasteiger charge is 2.06. The van der Waals surface area contributed by atoms with Crippen LogP contribution in [0.2, 0.25) is 0 Å². The summed E-state index contributed by atoms with van der Waals surface area (Å²) in [7, 11) is 0. The zero-order chi connectivity index (χ0) is 13.2. The molecule has 0 radical (unpaired) electrons. The molecule has 3 aromatic rings. The van der Waals surface area contributed by atoms with Gasteiger partial charge in [0.2, 0.25) is 0 Å². The van der Waals surface area contributed by atoms with Crippen LogP contribution in [0.4, 0.5) is 5.69 Å². The van der Waals surface area contributed by atoms with E-state index in [0.29, 0.717) is 0 Å². The maximum atomic E-state index is 5.96. The van der Waals surface area contributed by atoms with Gasteiger partial charge in [-0.05, 0) is 42.8 Å². The number of aryl methyl sites for hydroxylation is 1. The molecular weight excluding hydrogens is 236 g/mol. The summed E-state index contributed by atoms with van der Waals surface area (Å²) in [6, 6.07) is 15.5. The highest BCUT2D eigenvalue weighted by atomic mass is 16.5. The van der Waals surface area contributed by atoms with Crippen LogP contribution in [0.5, 0.6) is 11.5 Å². The third kappa shape index (κ3) is 2.22. The van der Waals surface area contributed by atoms with Crippen molar-refractivity contribution in [3.63, 3.8) is 0 Å². The molecule has 3 rings (SSSR count). The van der Waals surface area contributed by atoms with Crippen molar-refractivity contribution < 1.29 is 4.74 Å². The van der Waals surface area contributed by atoms with E-state index in [0.717, 1.165) is 33.7 Å². The molecule has 0 fully saturated rings. The van der Waals surface area contributed by atoms with Gasteiger partial charge in [-0.3, -0.25) is 4.98 Å². The van der Waals surface area contributed by atoms with Gasteiger partial charge in [-0.25, -0.2) is 0 Å². The molecule has 0 unspecified atom stereocenters. The predicted molar refractivity (Wildman–Crippen MR) is 77.4 cm³/mol. The van der Waals surface area contributed by atoms with Gasteiger partial charge in [0.15, 0.2) is 5.75 Å². The van der Waals surface area contributed by atoms with E-state index in [1.165, 1.54) is 0 Å². The molecule has 0 spiro atoms. The molecule has 0 amide bonds. The second-order valence-electron chi connectivity index (χ2n) is 4.46. The average Bonchev–Trinajstić information content (AvgIpc) is 2.42. The van der Waals surface area contributed by atoms with Crippen LogP contribution >= 0.6 is 0 Å². The number of nitrogens with two attached hydrogens (primary N) is 1. The molecule has 0 saturated heterocycles. The van der Waals surface area contributed by atoms with E-state index in [4.69, 9.17) is 10.5 Å².